The molecule has 1 amide bonds. The average molecular weight is 304 g/mol. The average Bonchev–Trinajstić information content (AvgIpc) is 2.56. The fraction of sp³-hybridized carbons (Fsp3) is 0.611. The third kappa shape index (κ3) is 5.11. The summed E-state index contributed by atoms with van der Waals surface area (Å²) in [6.07, 6.45) is 6.07. The molecule has 0 unspecified atom stereocenters. The van der Waals surface area contributed by atoms with Gasteiger partial charge in [0.2, 0.25) is 5.91 Å². The Morgan fingerprint density at radius 1 is 1.18 bits per heavy atom. The Balaban J connectivity index is 1.89. The molecule has 1 aromatic rings. The molecule has 0 atom stereocenters. The monoisotopic (exact) mass is 304 g/mol. The van der Waals surface area contributed by atoms with E-state index in [2.05, 4.69) is 4.90 Å². The van der Waals surface area contributed by atoms with Crippen LogP contribution in [0.25, 0.3) is 0 Å². The van der Waals surface area contributed by atoms with Gasteiger partial charge in [0, 0.05) is 26.2 Å². The van der Waals surface area contributed by atoms with E-state index in [0.29, 0.717) is 25.7 Å². The molecule has 0 heterocycles. The summed E-state index contributed by atoms with van der Waals surface area (Å²) in [5, 5.41) is 9.29. The molecular weight excluding hydrogens is 276 g/mol. The van der Waals surface area contributed by atoms with Crippen LogP contribution in [-0.4, -0.2) is 53.6 Å². The number of hydrogen-bond donors (Lipinski definition) is 1. The number of aliphatic hydroxyl groups excluding tert-OH is 1. The zero-order valence-corrected chi connectivity index (χ0v) is 13.6. The van der Waals surface area contributed by atoms with Crippen molar-refractivity contribution < 1.29 is 9.90 Å². The highest BCUT2D eigenvalue weighted by molar-refractivity contribution is 5.78. The van der Waals surface area contributed by atoms with Crippen molar-refractivity contribution in [1.82, 2.24) is 9.80 Å². The fourth-order valence-electron chi connectivity index (χ4n) is 3.21. The van der Waals surface area contributed by atoms with Crippen LogP contribution in [0.4, 0.5) is 0 Å². The molecule has 1 fully saturated rings. The summed E-state index contributed by atoms with van der Waals surface area (Å²) in [5.41, 5.74) is 1.14. The first-order chi connectivity index (χ1) is 10.7. The van der Waals surface area contributed by atoms with E-state index in [1.165, 1.54) is 19.3 Å². The number of carbonyl (C=O) groups is 1. The maximum Gasteiger partial charge on any atom is 0.236 e. The molecule has 0 saturated heterocycles. The lowest BCUT2D eigenvalue weighted by Crippen LogP contribution is -2.45. The standard InChI is InChI=1S/C18H28N2O2/c1-19(14-16-8-4-2-5-9-16)18(22)15-20(12-13-21)17-10-6-3-7-11-17/h2,4-5,8-9,17,21H,3,6-7,10-15H2,1H3. The van der Waals surface area contributed by atoms with Crippen LogP contribution in [0, 0.1) is 0 Å². The van der Waals surface area contributed by atoms with E-state index in [4.69, 9.17) is 0 Å². The van der Waals surface area contributed by atoms with Crippen LogP contribution in [0.2, 0.25) is 0 Å². The predicted molar refractivity (Wildman–Crippen MR) is 88.4 cm³/mol. The number of rotatable bonds is 7. The molecule has 0 aliphatic heterocycles. The zero-order chi connectivity index (χ0) is 15.8. The number of nitrogens with zero attached hydrogens (tertiary/aromatic N) is 2. The van der Waals surface area contributed by atoms with Gasteiger partial charge in [-0.1, -0.05) is 49.6 Å². The van der Waals surface area contributed by atoms with Gasteiger partial charge >= 0.3 is 0 Å². The summed E-state index contributed by atoms with van der Waals surface area (Å²) in [6.45, 7) is 1.76. The van der Waals surface area contributed by atoms with E-state index in [1.807, 2.05) is 37.4 Å². The van der Waals surface area contributed by atoms with Crippen molar-refractivity contribution in [2.45, 2.75) is 44.7 Å². The minimum Gasteiger partial charge on any atom is -0.395 e. The molecule has 0 spiro atoms. The maximum absolute atomic E-state index is 12.5. The van der Waals surface area contributed by atoms with E-state index < -0.39 is 0 Å². The van der Waals surface area contributed by atoms with Crippen LogP contribution in [0.5, 0.6) is 0 Å². The van der Waals surface area contributed by atoms with Crippen molar-refractivity contribution in [2.75, 3.05) is 26.7 Å². The van der Waals surface area contributed by atoms with Gasteiger partial charge in [0.25, 0.3) is 0 Å². The molecule has 1 aliphatic carbocycles. The van der Waals surface area contributed by atoms with E-state index in [0.717, 1.165) is 18.4 Å². The largest absolute Gasteiger partial charge is 0.395 e. The Morgan fingerprint density at radius 3 is 2.50 bits per heavy atom. The van der Waals surface area contributed by atoms with E-state index in [9.17, 15) is 9.90 Å². The highest BCUT2D eigenvalue weighted by atomic mass is 16.3. The van der Waals surface area contributed by atoms with Crippen LogP contribution < -0.4 is 0 Å². The lowest BCUT2D eigenvalue weighted by Gasteiger charge is -2.34. The molecule has 0 radical (unpaired) electrons. The maximum atomic E-state index is 12.5. The van der Waals surface area contributed by atoms with Gasteiger partial charge < -0.3 is 10.0 Å². The second-order valence-corrected chi connectivity index (χ2v) is 6.22. The van der Waals surface area contributed by atoms with Gasteiger partial charge in [-0.25, -0.2) is 0 Å². The molecular formula is C18H28N2O2. The topological polar surface area (TPSA) is 43.8 Å². The van der Waals surface area contributed by atoms with Gasteiger partial charge in [-0.3, -0.25) is 9.69 Å². The molecule has 2 rings (SSSR count). The number of benzene rings is 1. The lowest BCUT2D eigenvalue weighted by molar-refractivity contribution is -0.132. The van der Waals surface area contributed by atoms with Crippen molar-refractivity contribution in [2.24, 2.45) is 0 Å². The quantitative estimate of drug-likeness (QED) is 0.840. The number of aliphatic hydroxyl groups is 1. The molecule has 0 aromatic heterocycles. The smallest absolute Gasteiger partial charge is 0.236 e. The second kappa shape index (κ2) is 8.91. The molecule has 4 nitrogen and oxygen atoms in total. The summed E-state index contributed by atoms with van der Waals surface area (Å²) >= 11 is 0. The summed E-state index contributed by atoms with van der Waals surface area (Å²) < 4.78 is 0. The fourth-order valence-corrected chi connectivity index (χ4v) is 3.21. The third-order valence-corrected chi connectivity index (χ3v) is 4.50. The molecule has 122 valence electrons. The second-order valence-electron chi connectivity index (χ2n) is 6.22. The predicted octanol–water partition coefficient (Wildman–Crippen LogP) is 2.27. The van der Waals surface area contributed by atoms with Crippen LogP contribution in [0.15, 0.2) is 30.3 Å². The Bertz CT molecular complexity index is 444. The van der Waals surface area contributed by atoms with Crippen LogP contribution in [0.1, 0.15) is 37.7 Å². The van der Waals surface area contributed by atoms with Gasteiger partial charge in [0.05, 0.1) is 13.2 Å². The SMILES string of the molecule is CN(Cc1ccccc1)C(=O)CN(CCO)C1CCCCC1. The number of carbonyl (C=O) groups excluding carboxylic acids is 1. The van der Waals surface area contributed by atoms with Crippen molar-refractivity contribution in [3.63, 3.8) is 0 Å². The molecule has 22 heavy (non-hydrogen) atoms. The summed E-state index contributed by atoms with van der Waals surface area (Å²) in [7, 11) is 1.85. The first kappa shape index (κ1) is 17.0. The molecule has 1 aromatic carbocycles. The summed E-state index contributed by atoms with van der Waals surface area (Å²) in [6, 6.07) is 10.5. The van der Waals surface area contributed by atoms with Gasteiger partial charge in [-0.05, 0) is 18.4 Å². The Labute approximate surface area is 133 Å². The Kier molecular flexibility index (Phi) is 6.87. The van der Waals surface area contributed by atoms with Crippen LogP contribution in [0.3, 0.4) is 0 Å². The van der Waals surface area contributed by atoms with E-state index >= 15 is 0 Å². The van der Waals surface area contributed by atoms with Crippen LogP contribution in [-0.2, 0) is 11.3 Å². The minimum absolute atomic E-state index is 0.117. The van der Waals surface area contributed by atoms with E-state index in [-0.39, 0.29) is 12.5 Å². The van der Waals surface area contributed by atoms with Crippen molar-refractivity contribution in [3.8, 4) is 0 Å². The Hall–Kier alpha value is -1.39. The zero-order valence-electron chi connectivity index (χ0n) is 13.6. The summed E-state index contributed by atoms with van der Waals surface area (Å²) in [4.78, 5) is 16.4. The first-order valence-electron chi connectivity index (χ1n) is 8.33. The molecule has 1 aliphatic rings. The highest BCUT2D eigenvalue weighted by Gasteiger charge is 2.23. The van der Waals surface area contributed by atoms with Crippen LogP contribution >= 0.6 is 0 Å². The van der Waals surface area contributed by atoms with Crippen molar-refractivity contribution >= 4 is 5.91 Å². The lowest BCUT2D eigenvalue weighted by atomic mass is 9.94. The number of amides is 1. The van der Waals surface area contributed by atoms with Gasteiger partial charge in [-0.15, -0.1) is 0 Å². The highest BCUT2D eigenvalue weighted by Crippen LogP contribution is 2.22. The molecule has 1 saturated carbocycles. The molecule has 4 heteroatoms. The van der Waals surface area contributed by atoms with Crippen molar-refractivity contribution in [3.05, 3.63) is 35.9 Å². The van der Waals surface area contributed by atoms with Gasteiger partial charge in [0.1, 0.15) is 0 Å². The van der Waals surface area contributed by atoms with Crippen molar-refractivity contribution in [1.29, 1.82) is 0 Å². The first-order valence-corrected chi connectivity index (χ1v) is 8.33. The number of likely N-dealkylation sites (N-methyl/N-ethyl adjacent to an activating group) is 1. The van der Waals surface area contributed by atoms with E-state index in [1.54, 1.807) is 4.90 Å². The molecule has 1 N–H and O–H groups in total. The normalized spacial score (nSPS) is 16.0. The van der Waals surface area contributed by atoms with Gasteiger partial charge in [0.15, 0.2) is 0 Å². The number of hydrogen-bond acceptors (Lipinski definition) is 3. The minimum atomic E-state index is 0.117. The summed E-state index contributed by atoms with van der Waals surface area (Å²) in [5.74, 6) is 0.128. The van der Waals surface area contributed by atoms with Gasteiger partial charge in [-0.2, -0.15) is 0 Å². The molecule has 0 bridgehead atoms. The third-order valence-electron chi connectivity index (χ3n) is 4.50. The Morgan fingerprint density at radius 2 is 1.86 bits per heavy atom.